The molecule has 3 aromatic rings. The fourth-order valence-corrected chi connectivity index (χ4v) is 3.19. The first-order valence-corrected chi connectivity index (χ1v) is 8.80. The van der Waals surface area contributed by atoms with E-state index in [1.165, 1.54) is 0 Å². The first-order chi connectivity index (χ1) is 12.8. The summed E-state index contributed by atoms with van der Waals surface area (Å²) in [5.41, 5.74) is 3.16. The zero-order valence-corrected chi connectivity index (χ0v) is 14.4. The van der Waals surface area contributed by atoms with E-state index in [2.05, 4.69) is 16.0 Å². The lowest BCUT2D eigenvalue weighted by Gasteiger charge is -2.12. The number of para-hydroxylation sites is 2. The van der Waals surface area contributed by atoms with Gasteiger partial charge in [-0.3, -0.25) is 0 Å². The van der Waals surface area contributed by atoms with Crippen LogP contribution in [0.2, 0.25) is 0 Å². The summed E-state index contributed by atoms with van der Waals surface area (Å²) in [7, 11) is 0. The van der Waals surface area contributed by atoms with Gasteiger partial charge in [-0.15, -0.1) is 0 Å². The number of amides is 1. The third-order valence-corrected chi connectivity index (χ3v) is 4.50. The minimum absolute atomic E-state index is 0.0956. The third-order valence-electron chi connectivity index (χ3n) is 4.50. The summed E-state index contributed by atoms with van der Waals surface area (Å²) in [6, 6.07) is 18.1. The minimum Gasteiger partial charge on any atom is -0.444 e. The molecule has 2 heterocycles. The average molecular weight is 351 g/mol. The van der Waals surface area contributed by atoms with Gasteiger partial charge in [0, 0.05) is 13.0 Å². The molecule has 1 aliphatic rings. The van der Waals surface area contributed by atoms with Crippen LogP contribution in [-0.4, -0.2) is 28.3 Å². The SMILES string of the molecule is O=C1NCC(CCn2c(COCc3ccccc3)nc3ccccc32)O1. The van der Waals surface area contributed by atoms with E-state index in [4.69, 9.17) is 14.5 Å². The first-order valence-electron chi connectivity index (χ1n) is 8.80. The van der Waals surface area contributed by atoms with Crippen LogP contribution in [0.1, 0.15) is 17.8 Å². The van der Waals surface area contributed by atoms with Crippen LogP contribution in [0.5, 0.6) is 0 Å². The number of ether oxygens (including phenoxy) is 2. The molecule has 1 aliphatic heterocycles. The number of imidazole rings is 1. The smallest absolute Gasteiger partial charge is 0.407 e. The third kappa shape index (κ3) is 3.70. The Hall–Kier alpha value is -2.86. The lowest BCUT2D eigenvalue weighted by Crippen LogP contribution is -2.17. The van der Waals surface area contributed by atoms with Crippen molar-refractivity contribution in [3.05, 3.63) is 66.0 Å². The van der Waals surface area contributed by atoms with Crippen molar-refractivity contribution in [1.29, 1.82) is 0 Å². The maximum absolute atomic E-state index is 11.2. The molecule has 0 aliphatic carbocycles. The number of cyclic esters (lactones) is 1. The number of carbonyl (C=O) groups is 1. The van der Waals surface area contributed by atoms with Crippen LogP contribution in [0, 0.1) is 0 Å². The fourth-order valence-electron chi connectivity index (χ4n) is 3.19. The molecule has 0 spiro atoms. The second-order valence-electron chi connectivity index (χ2n) is 6.34. The fraction of sp³-hybridized carbons (Fsp3) is 0.300. The summed E-state index contributed by atoms with van der Waals surface area (Å²) in [4.78, 5) is 15.9. The Morgan fingerprint density at radius 2 is 1.92 bits per heavy atom. The van der Waals surface area contributed by atoms with Crippen LogP contribution in [0.4, 0.5) is 4.79 Å². The van der Waals surface area contributed by atoms with Crippen LogP contribution in [0.3, 0.4) is 0 Å². The van der Waals surface area contributed by atoms with Crippen molar-refractivity contribution in [3.8, 4) is 0 Å². The number of aromatic nitrogens is 2. The highest BCUT2D eigenvalue weighted by molar-refractivity contribution is 5.75. The molecule has 26 heavy (non-hydrogen) atoms. The number of alkyl carbamates (subject to hydrolysis) is 1. The second-order valence-corrected chi connectivity index (χ2v) is 6.34. The van der Waals surface area contributed by atoms with Gasteiger partial charge in [0.1, 0.15) is 18.5 Å². The van der Waals surface area contributed by atoms with Crippen molar-refractivity contribution in [1.82, 2.24) is 14.9 Å². The zero-order valence-electron chi connectivity index (χ0n) is 14.4. The predicted octanol–water partition coefficient (Wildman–Crippen LogP) is 3.25. The van der Waals surface area contributed by atoms with Crippen LogP contribution in [-0.2, 0) is 29.2 Å². The van der Waals surface area contributed by atoms with Crippen molar-refractivity contribution in [2.24, 2.45) is 0 Å². The van der Waals surface area contributed by atoms with E-state index in [1.807, 2.05) is 48.5 Å². The van der Waals surface area contributed by atoms with E-state index in [0.29, 0.717) is 19.8 Å². The van der Waals surface area contributed by atoms with Crippen molar-refractivity contribution in [2.75, 3.05) is 6.54 Å². The molecule has 2 aromatic carbocycles. The Balaban J connectivity index is 1.47. The summed E-state index contributed by atoms with van der Waals surface area (Å²) in [6.45, 7) is 2.27. The standard InChI is InChI=1S/C20H21N3O3/c24-20-21-12-16(26-20)10-11-23-18-9-5-4-8-17(18)22-19(23)14-25-13-15-6-2-1-3-7-15/h1-9,16H,10-14H2,(H,21,24). The van der Waals surface area contributed by atoms with Crippen molar-refractivity contribution in [3.63, 3.8) is 0 Å². The Kier molecular flexibility index (Phi) is 4.84. The molecular weight excluding hydrogens is 330 g/mol. The molecule has 1 atom stereocenters. The topological polar surface area (TPSA) is 65.4 Å². The van der Waals surface area contributed by atoms with Gasteiger partial charge in [-0.2, -0.15) is 0 Å². The van der Waals surface area contributed by atoms with Gasteiger partial charge in [0.25, 0.3) is 0 Å². The molecule has 1 aromatic heterocycles. The molecule has 1 unspecified atom stereocenters. The van der Waals surface area contributed by atoms with Crippen molar-refractivity contribution >= 4 is 17.1 Å². The predicted molar refractivity (Wildman–Crippen MR) is 97.6 cm³/mol. The number of fused-ring (bicyclic) bond motifs is 1. The molecule has 6 heteroatoms. The largest absolute Gasteiger partial charge is 0.444 e. The molecule has 1 fully saturated rings. The van der Waals surface area contributed by atoms with E-state index in [9.17, 15) is 4.79 Å². The maximum atomic E-state index is 11.2. The van der Waals surface area contributed by atoms with Crippen molar-refractivity contribution in [2.45, 2.75) is 32.3 Å². The van der Waals surface area contributed by atoms with Gasteiger partial charge in [0.05, 0.1) is 24.2 Å². The number of nitrogens with one attached hydrogen (secondary N) is 1. The highest BCUT2D eigenvalue weighted by Gasteiger charge is 2.23. The molecule has 0 saturated carbocycles. The first kappa shape index (κ1) is 16.6. The molecule has 0 radical (unpaired) electrons. The van der Waals surface area contributed by atoms with Gasteiger partial charge >= 0.3 is 6.09 Å². The van der Waals surface area contributed by atoms with E-state index >= 15 is 0 Å². The lowest BCUT2D eigenvalue weighted by molar-refractivity contribution is 0.0983. The molecule has 1 saturated heterocycles. The van der Waals surface area contributed by atoms with E-state index in [1.54, 1.807) is 0 Å². The van der Waals surface area contributed by atoms with Gasteiger partial charge < -0.3 is 19.4 Å². The number of hydrogen-bond donors (Lipinski definition) is 1. The van der Waals surface area contributed by atoms with Crippen LogP contribution in [0.25, 0.3) is 11.0 Å². The quantitative estimate of drug-likeness (QED) is 0.710. The Labute approximate surface area is 151 Å². The molecule has 4 rings (SSSR count). The molecule has 6 nitrogen and oxygen atoms in total. The summed E-state index contributed by atoms with van der Waals surface area (Å²) < 4.78 is 13.3. The number of rotatable bonds is 7. The monoisotopic (exact) mass is 351 g/mol. The maximum Gasteiger partial charge on any atom is 0.407 e. The Morgan fingerprint density at radius 3 is 2.73 bits per heavy atom. The molecule has 1 N–H and O–H groups in total. The summed E-state index contributed by atoms with van der Waals surface area (Å²) >= 11 is 0. The van der Waals surface area contributed by atoms with Gasteiger partial charge in [-0.25, -0.2) is 9.78 Å². The van der Waals surface area contributed by atoms with E-state index < -0.39 is 0 Å². The van der Waals surface area contributed by atoms with Gasteiger partial charge in [-0.05, 0) is 17.7 Å². The van der Waals surface area contributed by atoms with Gasteiger partial charge in [0.15, 0.2) is 0 Å². The van der Waals surface area contributed by atoms with Crippen LogP contribution in [0.15, 0.2) is 54.6 Å². The zero-order chi connectivity index (χ0) is 17.8. The van der Waals surface area contributed by atoms with Gasteiger partial charge in [-0.1, -0.05) is 42.5 Å². The lowest BCUT2D eigenvalue weighted by atomic mass is 10.2. The number of nitrogens with zero attached hydrogens (tertiary/aromatic N) is 2. The van der Waals surface area contributed by atoms with E-state index in [0.717, 1.165) is 35.4 Å². The molecular formula is C20H21N3O3. The summed E-state index contributed by atoms with van der Waals surface area (Å²) in [6.07, 6.45) is 0.309. The molecule has 134 valence electrons. The Morgan fingerprint density at radius 1 is 1.12 bits per heavy atom. The molecule has 1 amide bonds. The summed E-state index contributed by atoms with van der Waals surface area (Å²) in [5.74, 6) is 0.888. The highest BCUT2D eigenvalue weighted by Crippen LogP contribution is 2.19. The number of aryl methyl sites for hydroxylation is 1. The number of hydrogen-bond acceptors (Lipinski definition) is 4. The summed E-state index contributed by atoms with van der Waals surface area (Å²) in [5, 5.41) is 2.69. The van der Waals surface area contributed by atoms with Crippen LogP contribution >= 0.6 is 0 Å². The highest BCUT2D eigenvalue weighted by atomic mass is 16.6. The minimum atomic E-state index is -0.336. The average Bonchev–Trinajstić information content (AvgIpc) is 3.24. The Bertz CT molecular complexity index is 892. The normalized spacial score (nSPS) is 16.6. The molecule has 0 bridgehead atoms. The van der Waals surface area contributed by atoms with Crippen LogP contribution < -0.4 is 5.32 Å². The van der Waals surface area contributed by atoms with Gasteiger partial charge in [0.2, 0.25) is 0 Å². The second kappa shape index (κ2) is 7.58. The van der Waals surface area contributed by atoms with Crippen molar-refractivity contribution < 1.29 is 14.3 Å². The van der Waals surface area contributed by atoms with E-state index in [-0.39, 0.29) is 12.2 Å². The number of carbonyl (C=O) groups excluding carboxylic acids is 1. The number of benzene rings is 2.